The summed E-state index contributed by atoms with van der Waals surface area (Å²) in [7, 11) is 0. The average Bonchev–Trinajstić information content (AvgIpc) is 2.54. The largest absolute Gasteiger partial charge is 0.488 e. The van der Waals surface area contributed by atoms with E-state index in [1.54, 1.807) is 0 Å². The van der Waals surface area contributed by atoms with E-state index in [0.29, 0.717) is 6.42 Å². The van der Waals surface area contributed by atoms with E-state index in [9.17, 15) is 5.11 Å². The van der Waals surface area contributed by atoms with E-state index < -0.39 is 0 Å². The van der Waals surface area contributed by atoms with Crippen molar-refractivity contribution in [3.05, 3.63) is 65.2 Å². The summed E-state index contributed by atoms with van der Waals surface area (Å²) >= 11 is 0. The Kier molecular flexibility index (Phi) is 5.95. The molecule has 0 fully saturated rings. The Balaban J connectivity index is 2.15. The predicted octanol–water partition coefficient (Wildman–Crippen LogP) is 5.64. The smallest absolute Gasteiger partial charge is 0.120 e. The van der Waals surface area contributed by atoms with E-state index in [-0.39, 0.29) is 17.1 Å². The minimum Gasteiger partial charge on any atom is -0.488 e. The van der Waals surface area contributed by atoms with Crippen molar-refractivity contribution in [1.29, 1.82) is 0 Å². The van der Waals surface area contributed by atoms with E-state index in [0.717, 1.165) is 12.2 Å². The first-order chi connectivity index (χ1) is 11.6. The number of rotatable bonds is 7. The van der Waals surface area contributed by atoms with Crippen molar-refractivity contribution in [2.24, 2.45) is 0 Å². The number of ether oxygens (including phenoxy) is 1. The standard InChI is InChI=1S/C23H32O2/c1-7-20(24)16-22(3,4)25-21-14-12-19(13-15-21)23(5,6)18-10-8-17(2)9-11-18/h8-15,20,24H,7,16H2,1-6H3. The van der Waals surface area contributed by atoms with Crippen LogP contribution in [0.2, 0.25) is 0 Å². The zero-order valence-electron chi connectivity index (χ0n) is 16.5. The van der Waals surface area contributed by atoms with E-state index in [2.05, 4.69) is 57.2 Å². The zero-order valence-corrected chi connectivity index (χ0v) is 16.5. The number of hydrogen-bond donors (Lipinski definition) is 1. The van der Waals surface area contributed by atoms with Gasteiger partial charge in [0.15, 0.2) is 0 Å². The lowest BCUT2D eigenvalue weighted by atomic mass is 9.78. The first kappa shape index (κ1) is 19.5. The molecule has 0 spiro atoms. The van der Waals surface area contributed by atoms with Gasteiger partial charge in [0.1, 0.15) is 11.4 Å². The van der Waals surface area contributed by atoms with E-state index in [1.165, 1.54) is 16.7 Å². The van der Waals surface area contributed by atoms with Crippen LogP contribution in [-0.4, -0.2) is 16.8 Å². The molecular weight excluding hydrogens is 308 g/mol. The Hall–Kier alpha value is -1.80. The van der Waals surface area contributed by atoms with E-state index in [4.69, 9.17) is 4.74 Å². The number of benzene rings is 2. The SMILES string of the molecule is CCC(O)CC(C)(C)Oc1ccc(C(C)(C)c2ccc(C)cc2)cc1. The lowest BCUT2D eigenvalue weighted by molar-refractivity contribution is 0.0369. The second-order valence-electron chi connectivity index (χ2n) is 8.14. The molecule has 0 heterocycles. The van der Waals surface area contributed by atoms with Gasteiger partial charge in [-0.2, -0.15) is 0 Å². The maximum Gasteiger partial charge on any atom is 0.120 e. The predicted molar refractivity (Wildman–Crippen MR) is 105 cm³/mol. The summed E-state index contributed by atoms with van der Waals surface area (Å²) in [5, 5.41) is 9.89. The average molecular weight is 341 g/mol. The second-order valence-corrected chi connectivity index (χ2v) is 8.14. The molecule has 0 saturated heterocycles. The highest BCUT2D eigenvalue weighted by Crippen LogP contribution is 2.33. The fourth-order valence-corrected chi connectivity index (χ4v) is 3.15. The van der Waals surface area contributed by atoms with Gasteiger partial charge in [-0.15, -0.1) is 0 Å². The Morgan fingerprint density at radius 2 is 1.36 bits per heavy atom. The Morgan fingerprint density at radius 3 is 1.84 bits per heavy atom. The molecule has 0 bridgehead atoms. The molecule has 0 radical (unpaired) electrons. The molecule has 0 saturated carbocycles. The highest BCUT2D eigenvalue weighted by molar-refractivity contribution is 5.40. The van der Waals surface area contributed by atoms with Gasteiger partial charge in [0, 0.05) is 11.8 Å². The topological polar surface area (TPSA) is 29.5 Å². The van der Waals surface area contributed by atoms with Crippen LogP contribution in [0.3, 0.4) is 0 Å². The minimum atomic E-state index is -0.385. The molecular formula is C23H32O2. The normalized spacial score (nSPS) is 13.6. The van der Waals surface area contributed by atoms with E-state index in [1.807, 2.05) is 32.9 Å². The molecule has 136 valence electrons. The van der Waals surface area contributed by atoms with Crippen molar-refractivity contribution in [3.8, 4) is 5.75 Å². The van der Waals surface area contributed by atoms with Crippen LogP contribution in [0.1, 0.15) is 64.2 Å². The van der Waals surface area contributed by atoms with Gasteiger partial charge in [0.2, 0.25) is 0 Å². The van der Waals surface area contributed by atoms with Crippen LogP contribution < -0.4 is 4.74 Å². The molecule has 2 aromatic rings. The van der Waals surface area contributed by atoms with Gasteiger partial charge in [-0.25, -0.2) is 0 Å². The quantitative estimate of drug-likeness (QED) is 0.707. The first-order valence-corrected chi connectivity index (χ1v) is 9.19. The second kappa shape index (κ2) is 7.61. The maximum atomic E-state index is 9.89. The fraction of sp³-hybridized carbons (Fsp3) is 0.478. The van der Waals surface area contributed by atoms with Gasteiger partial charge in [0.25, 0.3) is 0 Å². The van der Waals surface area contributed by atoms with Crippen molar-refractivity contribution in [2.75, 3.05) is 0 Å². The number of hydrogen-bond acceptors (Lipinski definition) is 2. The molecule has 1 N–H and O–H groups in total. The van der Waals surface area contributed by atoms with Crippen molar-refractivity contribution in [1.82, 2.24) is 0 Å². The van der Waals surface area contributed by atoms with Crippen LogP contribution in [0.15, 0.2) is 48.5 Å². The molecule has 2 aromatic carbocycles. The maximum absolute atomic E-state index is 9.89. The molecule has 0 aliphatic rings. The summed E-state index contributed by atoms with van der Waals surface area (Å²) in [6, 6.07) is 17.1. The molecule has 2 heteroatoms. The van der Waals surface area contributed by atoms with Crippen molar-refractivity contribution in [3.63, 3.8) is 0 Å². The summed E-state index contributed by atoms with van der Waals surface area (Å²) in [5.41, 5.74) is 3.40. The van der Waals surface area contributed by atoms with Gasteiger partial charge in [-0.3, -0.25) is 0 Å². The van der Waals surface area contributed by atoms with Crippen molar-refractivity contribution >= 4 is 0 Å². The molecule has 0 aromatic heterocycles. The van der Waals surface area contributed by atoms with Crippen molar-refractivity contribution in [2.45, 2.75) is 71.5 Å². The lowest BCUT2D eigenvalue weighted by Crippen LogP contribution is -2.33. The Labute approximate surface area is 152 Å². The van der Waals surface area contributed by atoms with Crippen LogP contribution in [0.5, 0.6) is 5.75 Å². The van der Waals surface area contributed by atoms with Crippen LogP contribution in [0.4, 0.5) is 0 Å². The molecule has 2 rings (SSSR count). The number of aliphatic hydroxyl groups is 1. The zero-order chi connectivity index (χ0) is 18.7. The monoisotopic (exact) mass is 340 g/mol. The summed E-state index contributed by atoms with van der Waals surface area (Å²) < 4.78 is 6.10. The third-order valence-electron chi connectivity index (χ3n) is 4.94. The number of aliphatic hydroxyl groups excluding tert-OH is 1. The fourth-order valence-electron chi connectivity index (χ4n) is 3.15. The number of aryl methyl sites for hydroxylation is 1. The van der Waals surface area contributed by atoms with Crippen LogP contribution in [0.25, 0.3) is 0 Å². The third kappa shape index (κ3) is 5.09. The van der Waals surface area contributed by atoms with Crippen LogP contribution in [0, 0.1) is 6.92 Å². The molecule has 25 heavy (non-hydrogen) atoms. The molecule has 1 atom stereocenters. The summed E-state index contributed by atoms with van der Waals surface area (Å²) in [6.45, 7) is 12.6. The van der Waals surface area contributed by atoms with Crippen molar-refractivity contribution < 1.29 is 9.84 Å². The summed E-state index contributed by atoms with van der Waals surface area (Å²) in [5.74, 6) is 0.844. The molecule has 0 aliphatic heterocycles. The van der Waals surface area contributed by atoms with Crippen LogP contribution in [-0.2, 0) is 5.41 Å². The van der Waals surface area contributed by atoms with Gasteiger partial charge in [-0.1, -0.05) is 62.7 Å². The highest BCUT2D eigenvalue weighted by Gasteiger charge is 2.25. The van der Waals surface area contributed by atoms with Crippen LogP contribution >= 0.6 is 0 Å². The Bertz CT molecular complexity index is 666. The summed E-state index contributed by atoms with van der Waals surface area (Å²) in [6.07, 6.45) is 1.05. The van der Waals surface area contributed by atoms with Gasteiger partial charge >= 0.3 is 0 Å². The molecule has 2 nitrogen and oxygen atoms in total. The summed E-state index contributed by atoms with van der Waals surface area (Å²) in [4.78, 5) is 0. The Morgan fingerprint density at radius 1 is 0.880 bits per heavy atom. The van der Waals surface area contributed by atoms with Gasteiger partial charge in [-0.05, 0) is 50.5 Å². The van der Waals surface area contributed by atoms with E-state index >= 15 is 0 Å². The highest BCUT2D eigenvalue weighted by atomic mass is 16.5. The minimum absolute atomic E-state index is 0.0554. The molecule has 0 aliphatic carbocycles. The molecule has 1 unspecified atom stereocenters. The van der Waals surface area contributed by atoms with Gasteiger partial charge in [0.05, 0.1) is 6.10 Å². The van der Waals surface area contributed by atoms with Gasteiger partial charge < -0.3 is 9.84 Å². The molecule has 0 amide bonds. The first-order valence-electron chi connectivity index (χ1n) is 9.19. The third-order valence-corrected chi connectivity index (χ3v) is 4.94. The lowest BCUT2D eigenvalue weighted by Gasteiger charge is -2.30.